The number of anilines is 1. The van der Waals surface area contributed by atoms with Crippen molar-refractivity contribution in [2.24, 2.45) is 0 Å². The molecule has 0 spiro atoms. The number of thioether (sulfide) groups is 1. The van der Waals surface area contributed by atoms with E-state index in [9.17, 15) is 10.1 Å². The van der Waals surface area contributed by atoms with Crippen LogP contribution in [0.4, 0.5) is 5.69 Å². The molecule has 148 valence electrons. The summed E-state index contributed by atoms with van der Waals surface area (Å²) in [4.78, 5) is 23.0. The topological polar surface area (TPSA) is 78.7 Å². The number of thiophene rings is 1. The molecule has 1 N–H and O–H groups in total. The van der Waals surface area contributed by atoms with Gasteiger partial charge in [0, 0.05) is 16.8 Å². The number of aryl methyl sites for hydroxylation is 1. The van der Waals surface area contributed by atoms with Crippen molar-refractivity contribution in [3.63, 3.8) is 0 Å². The fraction of sp³-hybridized carbons (Fsp3) is 0.0909. The molecule has 0 saturated carbocycles. The van der Waals surface area contributed by atoms with Crippen LogP contribution < -0.4 is 5.32 Å². The van der Waals surface area contributed by atoms with Crippen LogP contribution >= 0.6 is 34.4 Å². The number of hydrogen-bond acceptors (Lipinski definition) is 7. The molecule has 5 nitrogen and oxygen atoms in total. The van der Waals surface area contributed by atoms with Gasteiger partial charge in [-0.2, -0.15) is 5.26 Å². The minimum Gasteiger partial charge on any atom is -0.322 e. The van der Waals surface area contributed by atoms with Gasteiger partial charge in [-0.05, 0) is 36.6 Å². The maximum Gasteiger partial charge on any atom is 0.257 e. The zero-order valence-corrected chi connectivity index (χ0v) is 18.4. The van der Waals surface area contributed by atoms with Gasteiger partial charge >= 0.3 is 0 Å². The van der Waals surface area contributed by atoms with Crippen LogP contribution in [0, 0.1) is 18.3 Å². The molecule has 3 heterocycles. The van der Waals surface area contributed by atoms with Gasteiger partial charge in [0.2, 0.25) is 0 Å². The Bertz CT molecular complexity index is 1210. The van der Waals surface area contributed by atoms with Gasteiger partial charge in [0.1, 0.15) is 16.1 Å². The summed E-state index contributed by atoms with van der Waals surface area (Å²) in [5.74, 6) is 0.331. The molecule has 0 aliphatic rings. The van der Waals surface area contributed by atoms with E-state index in [1.165, 1.54) is 11.8 Å². The van der Waals surface area contributed by atoms with Crippen LogP contribution in [0.2, 0.25) is 0 Å². The summed E-state index contributed by atoms with van der Waals surface area (Å²) < 4.78 is 0. The first-order valence-electron chi connectivity index (χ1n) is 9.03. The lowest BCUT2D eigenvalue weighted by Crippen LogP contribution is -2.15. The van der Waals surface area contributed by atoms with Gasteiger partial charge in [-0.25, -0.2) is 9.97 Å². The van der Waals surface area contributed by atoms with E-state index < -0.39 is 0 Å². The van der Waals surface area contributed by atoms with Crippen LogP contribution in [0.1, 0.15) is 27.3 Å². The first-order chi connectivity index (χ1) is 14.6. The highest BCUT2D eigenvalue weighted by Gasteiger charge is 2.16. The molecule has 1 aromatic carbocycles. The van der Waals surface area contributed by atoms with Gasteiger partial charge in [-0.1, -0.05) is 36.0 Å². The van der Waals surface area contributed by atoms with E-state index >= 15 is 0 Å². The standard InChI is InChI=1S/C22H16N4OS3/c1-14-18(20(27)25-16-6-3-2-4-7-16)10-15(11-23)21(24-14)29-12-17-13-30-22(26-17)19-8-5-9-28-19/h2-10,13H,12H2,1H3,(H,25,27). The Balaban J connectivity index is 1.50. The molecular formula is C22H16N4OS3. The van der Waals surface area contributed by atoms with Crippen molar-refractivity contribution < 1.29 is 4.79 Å². The van der Waals surface area contributed by atoms with Crippen molar-refractivity contribution in [1.29, 1.82) is 5.26 Å². The SMILES string of the molecule is Cc1nc(SCc2csc(-c3cccs3)n2)c(C#N)cc1C(=O)Nc1ccccc1. The van der Waals surface area contributed by atoms with E-state index in [1.54, 1.807) is 35.7 Å². The van der Waals surface area contributed by atoms with Crippen LogP contribution in [0.3, 0.4) is 0 Å². The third kappa shape index (κ3) is 4.60. The molecule has 0 aliphatic carbocycles. The second-order valence-electron chi connectivity index (χ2n) is 6.32. The largest absolute Gasteiger partial charge is 0.322 e. The Morgan fingerprint density at radius 1 is 1.17 bits per heavy atom. The van der Waals surface area contributed by atoms with Crippen LogP contribution in [-0.4, -0.2) is 15.9 Å². The maximum atomic E-state index is 12.6. The minimum atomic E-state index is -0.278. The highest BCUT2D eigenvalue weighted by atomic mass is 32.2. The van der Waals surface area contributed by atoms with Crippen molar-refractivity contribution in [2.45, 2.75) is 17.7 Å². The molecule has 0 atom stereocenters. The third-order valence-electron chi connectivity index (χ3n) is 4.22. The number of thiazole rings is 1. The average Bonchev–Trinajstić information content (AvgIpc) is 3.45. The average molecular weight is 449 g/mol. The molecule has 0 bridgehead atoms. The van der Waals surface area contributed by atoms with Crippen LogP contribution in [-0.2, 0) is 5.75 Å². The second kappa shape index (κ2) is 9.22. The number of nitriles is 1. The normalized spacial score (nSPS) is 10.5. The van der Waals surface area contributed by atoms with E-state index in [1.807, 2.05) is 47.2 Å². The van der Waals surface area contributed by atoms with Crippen molar-refractivity contribution in [3.05, 3.63) is 81.8 Å². The monoisotopic (exact) mass is 448 g/mol. The van der Waals surface area contributed by atoms with Gasteiger partial charge in [-0.3, -0.25) is 4.79 Å². The lowest BCUT2D eigenvalue weighted by molar-refractivity contribution is 0.102. The number of aromatic nitrogens is 2. The Morgan fingerprint density at radius 3 is 2.73 bits per heavy atom. The molecule has 0 unspecified atom stereocenters. The zero-order valence-electron chi connectivity index (χ0n) is 16.0. The Morgan fingerprint density at radius 2 is 2.00 bits per heavy atom. The van der Waals surface area contributed by atoms with Gasteiger partial charge in [0.05, 0.1) is 27.4 Å². The van der Waals surface area contributed by atoms with Gasteiger partial charge in [0.15, 0.2) is 0 Å². The first-order valence-corrected chi connectivity index (χ1v) is 11.8. The van der Waals surface area contributed by atoms with Gasteiger partial charge in [-0.15, -0.1) is 22.7 Å². The highest BCUT2D eigenvalue weighted by molar-refractivity contribution is 7.98. The zero-order chi connectivity index (χ0) is 20.9. The molecule has 30 heavy (non-hydrogen) atoms. The number of carbonyl (C=O) groups excluding carboxylic acids is 1. The Hall–Kier alpha value is -2.99. The number of nitrogens with zero attached hydrogens (tertiary/aromatic N) is 3. The highest BCUT2D eigenvalue weighted by Crippen LogP contribution is 2.31. The third-order valence-corrected chi connectivity index (χ3v) is 7.17. The molecule has 4 rings (SSSR count). The number of benzene rings is 1. The number of pyridine rings is 1. The number of hydrogen-bond donors (Lipinski definition) is 1. The van der Waals surface area contributed by atoms with Gasteiger partial charge < -0.3 is 5.32 Å². The van der Waals surface area contributed by atoms with E-state index in [0.717, 1.165) is 15.6 Å². The summed E-state index contributed by atoms with van der Waals surface area (Å²) in [6, 6.07) is 17.1. The second-order valence-corrected chi connectivity index (χ2v) is 9.09. The molecule has 4 aromatic rings. The number of nitrogens with one attached hydrogen (secondary N) is 1. The van der Waals surface area contributed by atoms with Crippen molar-refractivity contribution in [1.82, 2.24) is 9.97 Å². The minimum absolute atomic E-state index is 0.278. The van der Waals surface area contributed by atoms with Crippen LogP contribution in [0.5, 0.6) is 0 Å². The van der Waals surface area contributed by atoms with Crippen molar-refractivity contribution in [2.75, 3.05) is 5.32 Å². The molecular weight excluding hydrogens is 432 g/mol. The summed E-state index contributed by atoms with van der Waals surface area (Å²) >= 11 is 4.73. The Kier molecular flexibility index (Phi) is 6.23. The Labute approximate surface area is 186 Å². The molecule has 0 radical (unpaired) electrons. The van der Waals surface area contributed by atoms with Crippen molar-refractivity contribution >= 4 is 46.0 Å². The lowest BCUT2D eigenvalue weighted by atomic mass is 10.1. The molecule has 3 aromatic heterocycles. The maximum absolute atomic E-state index is 12.6. The number of rotatable bonds is 6. The molecule has 1 amide bonds. The fourth-order valence-electron chi connectivity index (χ4n) is 2.75. The molecule has 0 aliphatic heterocycles. The predicted molar refractivity (Wildman–Crippen MR) is 123 cm³/mol. The number of para-hydroxylation sites is 1. The smallest absolute Gasteiger partial charge is 0.257 e. The van der Waals surface area contributed by atoms with Gasteiger partial charge in [0.25, 0.3) is 5.91 Å². The fourth-order valence-corrected chi connectivity index (χ4v) is 5.39. The number of amides is 1. The van der Waals surface area contributed by atoms with E-state index in [2.05, 4.69) is 27.4 Å². The summed E-state index contributed by atoms with van der Waals surface area (Å²) in [6.07, 6.45) is 0. The summed E-state index contributed by atoms with van der Waals surface area (Å²) in [7, 11) is 0. The van der Waals surface area contributed by atoms with E-state index in [4.69, 9.17) is 0 Å². The molecule has 8 heteroatoms. The van der Waals surface area contributed by atoms with E-state index in [-0.39, 0.29) is 5.91 Å². The summed E-state index contributed by atoms with van der Waals surface area (Å²) in [5, 5.41) is 18.1. The van der Waals surface area contributed by atoms with Crippen LogP contribution in [0.25, 0.3) is 9.88 Å². The first kappa shape index (κ1) is 20.3. The quantitative estimate of drug-likeness (QED) is 0.367. The summed E-state index contributed by atoms with van der Waals surface area (Å²) in [6.45, 7) is 1.78. The number of carbonyl (C=O) groups is 1. The molecule has 0 fully saturated rings. The summed E-state index contributed by atoms with van der Waals surface area (Å²) in [5.41, 5.74) is 3.01. The van der Waals surface area contributed by atoms with E-state index in [0.29, 0.717) is 33.3 Å². The molecule has 0 saturated heterocycles. The lowest BCUT2D eigenvalue weighted by Gasteiger charge is -2.10. The predicted octanol–water partition coefficient (Wildman–Crippen LogP) is 5.99. The van der Waals surface area contributed by atoms with Crippen molar-refractivity contribution in [3.8, 4) is 16.0 Å². The van der Waals surface area contributed by atoms with Crippen LogP contribution in [0.15, 0.2) is 64.3 Å².